The molecule has 1 N–H and O–H groups in total. The quantitative estimate of drug-likeness (QED) is 0.520. The molecule has 0 spiro atoms. The lowest BCUT2D eigenvalue weighted by atomic mass is 10.0. The number of esters is 2. The monoisotopic (exact) mass is 487 g/mol. The number of carbonyl (C=O) groups is 3. The number of aromatic nitrogens is 1. The van der Waals surface area contributed by atoms with Gasteiger partial charge in [0, 0.05) is 16.8 Å². The van der Waals surface area contributed by atoms with Gasteiger partial charge < -0.3 is 14.8 Å². The summed E-state index contributed by atoms with van der Waals surface area (Å²) in [6.07, 6.45) is 2.77. The molecule has 174 valence electrons. The van der Waals surface area contributed by atoms with Crippen LogP contribution >= 0.6 is 22.7 Å². The molecule has 1 unspecified atom stereocenters. The van der Waals surface area contributed by atoms with Crippen molar-refractivity contribution in [2.75, 3.05) is 26.1 Å². The summed E-state index contributed by atoms with van der Waals surface area (Å²) in [6.45, 7) is 3.22. The Hall–Kier alpha value is -2.82. The number of nitrogens with one attached hydrogen (secondary N) is 1. The third-order valence-electron chi connectivity index (χ3n) is 5.64. The highest BCUT2D eigenvalue weighted by atomic mass is 32.1. The van der Waals surface area contributed by atoms with Crippen LogP contribution in [-0.4, -0.2) is 54.5 Å². The van der Waals surface area contributed by atoms with Crippen molar-refractivity contribution in [1.29, 1.82) is 0 Å². The summed E-state index contributed by atoms with van der Waals surface area (Å²) in [6, 6.07) is 7.08. The Labute approximate surface area is 199 Å². The number of rotatable bonds is 6. The van der Waals surface area contributed by atoms with Crippen LogP contribution in [0.1, 0.15) is 49.2 Å². The summed E-state index contributed by atoms with van der Waals surface area (Å²) in [4.78, 5) is 46.7. The van der Waals surface area contributed by atoms with Crippen LogP contribution in [0.2, 0.25) is 0 Å². The Morgan fingerprint density at radius 1 is 1.12 bits per heavy atom. The summed E-state index contributed by atoms with van der Waals surface area (Å²) < 4.78 is 9.91. The van der Waals surface area contributed by atoms with E-state index in [1.807, 2.05) is 25.1 Å². The maximum absolute atomic E-state index is 12.8. The molecule has 1 atom stereocenters. The van der Waals surface area contributed by atoms with Gasteiger partial charge in [0.15, 0.2) is 0 Å². The van der Waals surface area contributed by atoms with E-state index >= 15 is 0 Å². The van der Waals surface area contributed by atoms with Gasteiger partial charge in [-0.15, -0.1) is 22.7 Å². The highest BCUT2D eigenvalue weighted by molar-refractivity contribution is 7.21. The normalized spacial score (nSPS) is 16.5. The highest BCUT2D eigenvalue weighted by Crippen LogP contribution is 2.36. The molecule has 33 heavy (non-hydrogen) atoms. The number of likely N-dealkylation sites (tertiary alicyclic amines) is 1. The van der Waals surface area contributed by atoms with Gasteiger partial charge in [-0.1, -0.05) is 6.42 Å². The van der Waals surface area contributed by atoms with Crippen molar-refractivity contribution in [1.82, 2.24) is 9.88 Å². The molecule has 4 heterocycles. The van der Waals surface area contributed by atoms with Crippen LogP contribution in [0.25, 0.3) is 10.2 Å². The molecule has 10 heteroatoms. The number of nitrogens with zero attached hydrogens (tertiary/aromatic N) is 2. The Bertz CT molecular complexity index is 1200. The molecule has 3 aromatic rings. The first-order valence-corrected chi connectivity index (χ1v) is 12.2. The Morgan fingerprint density at radius 3 is 2.64 bits per heavy atom. The number of amides is 1. The average molecular weight is 488 g/mol. The standard InChI is InChI=1S/C23H25N3O5S2/c1-13-7-10-17(32-13)20(27)25-18-15-9-8-14(24-21(15)33-19(18)23(29)31-3)12-26-11-5-4-6-16(26)22(28)30-2/h7-10,16H,4-6,11-12H2,1-3H3,(H,25,27). The molecule has 1 amide bonds. The van der Waals surface area contributed by atoms with Gasteiger partial charge in [-0.2, -0.15) is 0 Å². The van der Waals surface area contributed by atoms with Crippen LogP contribution in [-0.2, 0) is 20.8 Å². The Morgan fingerprint density at radius 2 is 1.94 bits per heavy atom. The van der Waals surface area contributed by atoms with Gasteiger partial charge in [-0.3, -0.25) is 14.5 Å². The number of hydrogen-bond acceptors (Lipinski definition) is 9. The lowest BCUT2D eigenvalue weighted by Gasteiger charge is -2.33. The molecule has 1 fully saturated rings. The molecule has 1 aliphatic heterocycles. The maximum atomic E-state index is 12.8. The molecule has 0 saturated carbocycles. The van der Waals surface area contributed by atoms with Gasteiger partial charge in [-0.05, 0) is 50.6 Å². The molecular weight excluding hydrogens is 462 g/mol. The smallest absolute Gasteiger partial charge is 0.350 e. The van der Waals surface area contributed by atoms with Crippen LogP contribution in [0.15, 0.2) is 24.3 Å². The average Bonchev–Trinajstić information content (AvgIpc) is 3.42. The second-order valence-electron chi connectivity index (χ2n) is 7.82. The van der Waals surface area contributed by atoms with E-state index in [0.717, 1.165) is 36.4 Å². The minimum atomic E-state index is -0.529. The SMILES string of the molecule is COC(=O)c1sc2nc(CN3CCCCC3C(=O)OC)ccc2c1NC(=O)c1ccc(C)s1. The number of pyridine rings is 1. The predicted molar refractivity (Wildman–Crippen MR) is 128 cm³/mol. The predicted octanol–water partition coefficient (Wildman–Crippen LogP) is 4.23. The van der Waals surface area contributed by atoms with Crippen molar-refractivity contribution in [2.24, 2.45) is 0 Å². The zero-order valence-corrected chi connectivity index (χ0v) is 20.3. The van der Waals surface area contributed by atoms with Crippen LogP contribution in [0.4, 0.5) is 5.69 Å². The Balaban J connectivity index is 1.64. The van der Waals surface area contributed by atoms with Gasteiger partial charge in [0.1, 0.15) is 15.7 Å². The molecule has 0 aromatic carbocycles. The van der Waals surface area contributed by atoms with E-state index in [0.29, 0.717) is 32.2 Å². The molecule has 0 bridgehead atoms. The zero-order chi connectivity index (χ0) is 23.5. The first-order valence-electron chi connectivity index (χ1n) is 10.6. The summed E-state index contributed by atoms with van der Waals surface area (Å²) in [7, 11) is 2.72. The molecule has 8 nitrogen and oxygen atoms in total. The van der Waals surface area contributed by atoms with Gasteiger partial charge >= 0.3 is 11.9 Å². The number of ether oxygens (including phenoxy) is 2. The topological polar surface area (TPSA) is 97.8 Å². The first-order chi connectivity index (χ1) is 15.9. The minimum Gasteiger partial charge on any atom is -0.468 e. The summed E-state index contributed by atoms with van der Waals surface area (Å²) in [5.41, 5.74) is 1.19. The van der Waals surface area contributed by atoms with Crippen molar-refractivity contribution in [3.8, 4) is 0 Å². The van der Waals surface area contributed by atoms with Crippen molar-refractivity contribution in [3.63, 3.8) is 0 Å². The van der Waals surface area contributed by atoms with E-state index in [4.69, 9.17) is 14.5 Å². The number of fused-ring (bicyclic) bond motifs is 1. The van der Waals surface area contributed by atoms with E-state index in [1.165, 1.54) is 36.9 Å². The number of methoxy groups -OCH3 is 2. The van der Waals surface area contributed by atoms with Crippen LogP contribution in [0.3, 0.4) is 0 Å². The van der Waals surface area contributed by atoms with E-state index in [1.54, 1.807) is 6.07 Å². The largest absolute Gasteiger partial charge is 0.468 e. The van der Waals surface area contributed by atoms with Crippen LogP contribution in [0.5, 0.6) is 0 Å². The van der Waals surface area contributed by atoms with Crippen molar-refractivity contribution >= 4 is 56.4 Å². The molecule has 0 aliphatic carbocycles. The third kappa shape index (κ3) is 4.92. The fourth-order valence-electron chi connectivity index (χ4n) is 3.99. The molecular formula is C23H25N3O5S2. The number of aryl methyl sites for hydroxylation is 1. The highest BCUT2D eigenvalue weighted by Gasteiger charge is 2.30. The lowest BCUT2D eigenvalue weighted by molar-refractivity contribution is -0.148. The van der Waals surface area contributed by atoms with Crippen molar-refractivity contribution < 1.29 is 23.9 Å². The van der Waals surface area contributed by atoms with Crippen LogP contribution in [0, 0.1) is 6.92 Å². The van der Waals surface area contributed by atoms with Crippen LogP contribution < -0.4 is 5.32 Å². The van der Waals surface area contributed by atoms with Gasteiger partial charge in [-0.25, -0.2) is 9.78 Å². The molecule has 0 radical (unpaired) electrons. The number of thiophene rings is 2. The van der Waals surface area contributed by atoms with Crippen molar-refractivity contribution in [2.45, 2.75) is 38.8 Å². The van der Waals surface area contributed by atoms with E-state index in [2.05, 4.69) is 10.2 Å². The number of hydrogen-bond donors (Lipinski definition) is 1. The molecule has 4 rings (SSSR count). The fraction of sp³-hybridized carbons (Fsp3) is 0.391. The minimum absolute atomic E-state index is 0.228. The van der Waals surface area contributed by atoms with Gasteiger partial charge in [0.25, 0.3) is 5.91 Å². The second-order valence-corrected chi connectivity index (χ2v) is 10.1. The second kappa shape index (κ2) is 9.98. The molecule has 1 saturated heterocycles. The number of piperidine rings is 1. The molecule has 3 aromatic heterocycles. The Kier molecular flexibility index (Phi) is 7.06. The van der Waals surface area contributed by atoms with Gasteiger partial charge in [0.2, 0.25) is 0 Å². The number of carbonyl (C=O) groups excluding carboxylic acids is 3. The summed E-state index contributed by atoms with van der Waals surface area (Å²) >= 11 is 2.57. The number of anilines is 1. The van der Waals surface area contributed by atoms with E-state index in [9.17, 15) is 14.4 Å². The zero-order valence-electron chi connectivity index (χ0n) is 18.7. The first kappa shape index (κ1) is 23.3. The van der Waals surface area contributed by atoms with E-state index < -0.39 is 5.97 Å². The summed E-state index contributed by atoms with van der Waals surface area (Å²) in [5.74, 6) is -1.04. The van der Waals surface area contributed by atoms with Gasteiger partial charge in [0.05, 0.1) is 30.5 Å². The maximum Gasteiger partial charge on any atom is 0.350 e. The van der Waals surface area contributed by atoms with E-state index in [-0.39, 0.29) is 17.9 Å². The molecule has 1 aliphatic rings. The summed E-state index contributed by atoms with van der Waals surface area (Å²) in [5, 5.41) is 3.55. The third-order valence-corrected chi connectivity index (χ3v) is 7.72. The van der Waals surface area contributed by atoms with Crippen molar-refractivity contribution in [3.05, 3.63) is 44.6 Å². The fourth-order valence-corrected chi connectivity index (χ4v) is 5.82. The lowest BCUT2D eigenvalue weighted by Crippen LogP contribution is -2.44.